The molecule has 0 aromatic carbocycles. The summed E-state index contributed by atoms with van der Waals surface area (Å²) >= 11 is 0. The summed E-state index contributed by atoms with van der Waals surface area (Å²) in [5.41, 5.74) is 0. The fourth-order valence-corrected chi connectivity index (χ4v) is 2.10. The molecule has 0 aromatic rings. The summed E-state index contributed by atoms with van der Waals surface area (Å²) in [5, 5.41) is 8.63. The van der Waals surface area contributed by atoms with Crippen LogP contribution < -0.4 is 4.72 Å². The molecule has 1 atom stereocenters. The van der Waals surface area contributed by atoms with Gasteiger partial charge in [-0.1, -0.05) is 6.92 Å². The SMILES string of the molecule is CCOC(=O)CS(=O)(=O)N[C@@H](CC)C(=O)O. The summed E-state index contributed by atoms with van der Waals surface area (Å²) in [5.74, 6) is -3.06. The Morgan fingerprint density at radius 2 is 1.94 bits per heavy atom. The molecule has 0 fully saturated rings. The lowest BCUT2D eigenvalue weighted by atomic mass is 10.2. The van der Waals surface area contributed by atoms with Crippen molar-refractivity contribution >= 4 is 22.0 Å². The molecule has 16 heavy (non-hydrogen) atoms. The summed E-state index contributed by atoms with van der Waals surface area (Å²) < 4.78 is 29.0. The van der Waals surface area contributed by atoms with Crippen molar-refractivity contribution in [1.29, 1.82) is 0 Å². The number of esters is 1. The van der Waals surface area contributed by atoms with Gasteiger partial charge in [0.1, 0.15) is 6.04 Å². The number of aliphatic carboxylic acids is 1. The van der Waals surface area contributed by atoms with Crippen molar-refractivity contribution in [2.75, 3.05) is 12.4 Å². The second kappa shape index (κ2) is 6.44. The second-order valence-electron chi connectivity index (χ2n) is 2.98. The first kappa shape index (κ1) is 14.8. The van der Waals surface area contributed by atoms with Crippen LogP contribution in [0, 0.1) is 0 Å². The molecule has 7 nitrogen and oxygen atoms in total. The minimum atomic E-state index is -3.96. The van der Waals surface area contributed by atoms with E-state index in [0.717, 1.165) is 0 Å². The second-order valence-corrected chi connectivity index (χ2v) is 4.73. The van der Waals surface area contributed by atoms with E-state index in [1.54, 1.807) is 6.92 Å². The monoisotopic (exact) mass is 253 g/mol. The Labute approximate surface area is 93.8 Å². The van der Waals surface area contributed by atoms with E-state index in [1.807, 2.05) is 4.72 Å². The van der Waals surface area contributed by atoms with Gasteiger partial charge in [-0.25, -0.2) is 13.1 Å². The molecule has 2 N–H and O–H groups in total. The van der Waals surface area contributed by atoms with Crippen LogP contribution in [0.1, 0.15) is 20.3 Å². The Bertz CT molecular complexity index is 350. The first-order chi connectivity index (χ1) is 7.32. The van der Waals surface area contributed by atoms with Gasteiger partial charge in [0.25, 0.3) is 0 Å². The van der Waals surface area contributed by atoms with Crippen molar-refractivity contribution in [3.8, 4) is 0 Å². The molecule has 0 spiro atoms. The average Bonchev–Trinajstić information content (AvgIpc) is 2.13. The molecular weight excluding hydrogens is 238 g/mol. The minimum Gasteiger partial charge on any atom is -0.480 e. The first-order valence-corrected chi connectivity index (χ1v) is 6.36. The molecule has 0 saturated heterocycles. The smallest absolute Gasteiger partial charge is 0.322 e. The summed E-state index contributed by atoms with van der Waals surface area (Å²) in [6, 6.07) is -1.22. The number of nitrogens with one attached hydrogen (secondary N) is 1. The zero-order valence-corrected chi connectivity index (χ0v) is 9.91. The van der Waals surface area contributed by atoms with Gasteiger partial charge in [-0.3, -0.25) is 9.59 Å². The molecule has 0 aromatic heterocycles. The molecule has 0 aliphatic rings. The molecule has 0 bridgehead atoms. The topological polar surface area (TPSA) is 110 Å². The zero-order valence-electron chi connectivity index (χ0n) is 9.10. The predicted molar refractivity (Wildman–Crippen MR) is 55.3 cm³/mol. The molecular formula is C8H15NO6S. The molecule has 8 heteroatoms. The van der Waals surface area contributed by atoms with Crippen LogP contribution in [0.25, 0.3) is 0 Å². The van der Waals surface area contributed by atoms with E-state index in [-0.39, 0.29) is 13.0 Å². The van der Waals surface area contributed by atoms with Crippen LogP contribution >= 0.6 is 0 Å². The Kier molecular flexibility index (Phi) is 5.97. The summed E-state index contributed by atoms with van der Waals surface area (Å²) in [6.45, 7) is 3.14. The summed E-state index contributed by atoms with van der Waals surface area (Å²) in [6.07, 6.45) is 0.0946. The van der Waals surface area contributed by atoms with Crippen molar-refractivity contribution in [3.63, 3.8) is 0 Å². The lowest BCUT2D eigenvalue weighted by molar-refractivity contribution is -0.141. The highest BCUT2D eigenvalue weighted by molar-refractivity contribution is 7.90. The van der Waals surface area contributed by atoms with E-state index in [4.69, 9.17) is 5.11 Å². The minimum absolute atomic E-state index is 0.0739. The number of sulfonamides is 1. The van der Waals surface area contributed by atoms with E-state index in [1.165, 1.54) is 6.92 Å². The Hall–Kier alpha value is -1.15. The van der Waals surface area contributed by atoms with Gasteiger partial charge in [-0.05, 0) is 13.3 Å². The van der Waals surface area contributed by atoms with Crippen molar-refractivity contribution < 1.29 is 27.9 Å². The quantitative estimate of drug-likeness (QED) is 0.582. The lowest BCUT2D eigenvalue weighted by Crippen LogP contribution is -2.42. The van der Waals surface area contributed by atoms with Gasteiger partial charge in [0.05, 0.1) is 6.61 Å². The van der Waals surface area contributed by atoms with Gasteiger partial charge in [0, 0.05) is 0 Å². The van der Waals surface area contributed by atoms with Crippen LogP contribution in [0.2, 0.25) is 0 Å². The molecule has 94 valence electrons. The number of hydrogen-bond donors (Lipinski definition) is 2. The van der Waals surface area contributed by atoms with Crippen LogP contribution in [0.15, 0.2) is 0 Å². The molecule has 0 radical (unpaired) electrons. The molecule has 0 saturated carbocycles. The lowest BCUT2D eigenvalue weighted by Gasteiger charge is -2.11. The molecule has 0 aliphatic heterocycles. The predicted octanol–water partition coefficient (Wildman–Crippen LogP) is -0.668. The van der Waals surface area contributed by atoms with Crippen molar-refractivity contribution in [2.45, 2.75) is 26.3 Å². The average molecular weight is 253 g/mol. The van der Waals surface area contributed by atoms with Crippen LogP contribution in [-0.4, -0.2) is 43.9 Å². The Balaban J connectivity index is 4.45. The van der Waals surface area contributed by atoms with Gasteiger partial charge in [-0.15, -0.1) is 0 Å². The van der Waals surface area contributed by atoms with Gasteiger partial charge >= 0.3 is 11.9 Å². The van der Waals surface area contributed by atoms with E-state index in [0.29, 0.717) is 0 Å². The molecule has 0 amide bonds. The van der Waals surface area contributed by atoms with Gasteiger partial charge in [0.2, 0.25) is 10.0 Å². The molecule has 0 heterocycles. The van der Waals surface area contributed by atoms with Gasteiger partial charge < -0.3 is 9.84 Å². The zero-order chi connectivity index (χ0) is 12.8. The summed E-state index contributed by atoms with van der Waals surface area (Å²) in [7, 11) is -3.96. The fraction of sp³-hybridized carbons (Fsp3) is 0.750. The number of rotatable bonds is 7. The number of hydrogen-bond acceptors (Lipinski definition) is 5. The van der Waals surface area contributed by atoms with E-state index >= 15 is 0 Å². The normalized spacial score (nSPS) is 13.1. The number of carbonyl (C=O) groups excluding carboxylic acids is 1. The van der Waals surface area contributed by atoms with Gasteiger partial charge in [0.15, 0.2) is 5.75 Å². The van der Waals surface area contributed by atoms with Crippen molar-refractivity contribution in [1.82, 2.24) is 4.72 Å². The maximum Gasteiger partial charge on any atom is 0.322 e. The van der Waals surface area contributed by atoms with Crippen LogP contribution in [0.4, 0.5) is 0 Å². The largest absolute Gasteiger partial charge is 0.480 e. The number of ether oxygens (including phenoxy) is 1. The molecule has 0 rings (SSSR count). The third kappa shape index (κ3) is 5.66. The maximum absolute atomic E-state index is 11.3. The molecule has 0 unspecified atom stereocenters. The van der Waals surface area contributed by atoms with Gasteiger partial charge in [-0.2, -0.15) is 0 Å². The van der Waals surface area contributed by atoms with Crippen LogP contribution in [0.3, 0.4) is 0 Å². The molecule has 0 aliphatic carbocycles. The number of carboxylic acids is 1. The fourth-order valence-electron chi connectivity index (χ4n) is 0.925. The van der Waals surface area contributed by atoms with E-state index in [2.05, 4.69) is 4.74 Å². The third-order valence-corrected chi connectivity index (χ3v) is 2.90. The summed E-state index contributed by atoms with van der Waals surface area (Å²) in [4.78, 5) is 21.5. The highest BCUT2D eigenvalue weighted by atomic mass is 32.2. The van der Waals surface area contributed by atoms with Crippen LogP contribution in [0.5, 0.6) is 0 Å². The number of carboxylic acid groups (broad SMARTS) is 1. The standard InChI is InChI=1S/C8H15NO6S/c1-3-6(8(11)12)9-16(13,14)5-7(10)15-4-2/h6,9H,3-5H2,1-2H3,(H,11,12)/t6-/m0/s1. The highest BCUT2D eigenvalue weighted by Gasteiger charge is 2.24. The Morgan fingerprint density at radius 1 is 1.38 bits per heavy atom. The first-order valence-electron chi connectivity index (χ1n) is 4.70. The van der Waals surface area contributed by atoms with Crippen molar-refractivity contribution in [2.24, 2.45) is 0 Å². The van der Waals surface area contributed by atoms with E-state index in [9.17, 15) is 18.0 Å². The maximum atomic E-state index is 11.3. The van der Waals surface area contributed by atoms with Crippen molar-refractivity contribution in [3.05, 3.63) is 0 Å². The van der Waals surface area contributed by atoms with Crippen LogP contribution in [-0.2, 0) is 24.3 Å². The Morgan fingerprint density at radius 3 is 2.31 bits per heavy atom. The number of carbonyl (C=O) groups is 2. The third-order valence-electron chi connectivity index (χ3n) is 1.64. The highest BCUT2D eigenvalue weighted by Crippen LogP contribution is 1.96. The van der Waals surface area contributed by atoms with E-state index < -0.39 is 33.8 Å².